The summed E-state index contributed by atoms with van der Waals surface area (Å²) in [5, 5.41) is 5.34. The molecule has 150 valence electrons. The Morgan fingerprint density at radius 2 is 1.93 bits per heavy atom. The van der Waals surface area contributed by atoms with Crippen LogP contribution in [0.25, 0.3) is 10.8 Å². The molecule has 28 heavy (non-hydrogen) atoms. The Labute approximate surface area is 167 Å². The van der Waals surface area contributed by atoms with E-state index in [9.17, 15) is 4.79 Å². The maximum absolute atomic E-state index is 11.1. The van der Waals surface area contributed by atoms with Gasteiger partial charge in [-0.2, -0.15) is 0 Å². The van der Waals surface area contributed by atoms with Crippen LogP contribution in [0.4, 0.5) is 0 Å². The summed E-state index contributed by atoms with van der Waals surface area (Å²) in [6, 6.07) is 12.7. The molecule has 0 bridgehead atoms. The third-order valence-electron chi connectivity index (χ3n) is 6.27. The van der Waals surface area contributed by atoms with E-state index in [0.717, 1.165) is 51.1 Å². The van der Waals surface area contributed by atoms with Gasteiger partial charge >= 0.3 is 0 Å². The zero-order valence-corrected chi connectivity index (χ0v) is 16.9. The van der Waals surface area contributed by atoms with Gasteiger partial charge in [0.15, 0.2) is 0 Å². The summed E-state index contributed by atoms with van der Waals surface area (Å²) in [4.78, 5) is 13.7. The van der Waals surface area contributed by atoms with Gasteiger partial charge in [0.2, 0.25) is 5.91 Å². The van der Waals surface area contributed by atoms with E-state index in [4.69, 9.17) is 9.47 Å². The summed E-state index contributed by atoms with van der Waals surface area (Å²) in [7, 11) is 1.73. The minimum Gasteiger partial charge on any atom is -0.496 e. The fraction of sp³-hybridized carbons (Fsp3) is 0.522. The van der Waals surface area contributed by atoms with Crippen molar-refractivity contribution in [2.24, 2.45) is 0 Å². The van der Waals surface area contributed by atoms with Crippen LogP contribution in [0.1, 0.15) is 38.2 Å². The normalized spacial score (nSPS) is 21.9. The van der Waals surface area contributed by atoms with E-state index >= 15 is 0 Å². The smallest absolute Gasteiger partial charge is 0.216 e. The van der Waals surface area contributed by atoms with Crippen molar-refractivity contribution in [3.63, 3.8) is 0 Å². The van der Waals surface area contributed by atoms with Crippen molar-refractivity contribution in [3.05, 3.63) is 42.0 Å². The number of benzene rings is 2. The molecule has 5 heteroatoms. The highest BCUT2D eigenvalue weighted by Crippen LogP contribution is 2.39. The number of carbonyl (C=O) groups excluding carboxylic acids is 1. The summed E-state index contributed by atoms with van der Waals surface area (Å²) in [5.41, 5.74) is 1.37. The highest BCUT2D eigenvalue weighted by atomic mass is 16.5. The van der Waals surface area contributed by atoms with E-state index in [1.54, 1.807) is 14.0 Å². The Morgan fingerprint density at radius 1 is 1.18 bits per heavy atom. The van der Waals surface area contributed by atoms with Crippen LogP contribution < -0.4 is 10.1 Å². The summed E-state index contributed by atoms with van der Waals surface area (Å²) in [6.45, 7) is 5.25. The molecule has 2 aliphatic rings. The molecule has 2 aromatic rings. The monoisotopic (exact) mass is 382 g/mol. The first-order valence-electron chi connectivity index (χ1n) is 10.3. The minimum atomic E-state index is 0.0155. The Kier molecular flexibility index (Phi) is 5.56. The first-order valence-corrected chi connectivity index (χ1v) is 10.3. The maximum atomic E-state index is 11.1. The molecule has 2 saturated heterocycles. The van der Waals surface area contributed by atoms with E-state index in [1.807, 2.05) is 0 Å². The molecule has 2 aliphatic heterocycles. The molecule has 5 nitrogen and oxygen atoms in total. The molecule has 0 aliphatic carbocycles. The molecule has 2 aromatic carbocycles. The lowest BCUT2D eigenvalue weighted by molar-refractivity contribution is -0.120. The molecule has 1 spiro atoms. The molecule has 2 heterocycles. The number of amides is 1. The van der Waals surface area contributed by atoms with Crippen LogP contribution in [0.2, 0.25) is 0 Å². The van der Waals surface area contributed by atoms with Crippen molar-refractivity contribution >= 4 is 16.7 Å². The molecule has 0 saturated carbocycles. The molecule has 0 unspecified atom stereocenters. The van der Waals surface area contributed by atoms with Gasteiger partial charge in [-0.05, 0) is 42.7 Å². The zero-order chi connectivity index (χ0) is 19.6. The highest BCUT2D eigenvalue weighted by Gasteiger charge is 2.42. The molecule has 4 rings (SSSR count). The zero-order valence-electron chi connectivity index (χ0n) is 16.9. The highest BCUT2D eigenvalue weighted by molar-refractivity contribution is 5.91. The summed E-state index contributed by atoms with van der Waals surface area (Å²) >= 11 is 0. The second kappa shape index (κ2) is 8.10. The van der Waals surface area contributed by atoms with E-state index in [0.29, 0.717) is 6.54 Å². The third kappa shape index (κ3) is 4.01. The van der Waals surface area contributed by atoms with Gasteiger partial charge in [-0.3, -0.25) is 9.69 Å². The lowest BCUT2D eigenvalue weighted by atomic mass is 9.88. The third-order valence-corrected chi connectivity index (χ3v) is 6.27. The molecular formula is C23H30N2O3. The number of methoxy groups -OCH3 is 1. The van der Waals surface area contributed by atoms with Gasteiger partial charge in [-0.15, -0.1) is 0 Å². The Morgan fingerprint density at radius 3 is 2.64 bits per heavy atom. The summed E-state index contributed by atoms with van der Waals surface area (Å²) < 4.78 is 11.9. The van der Waals surface area contributed by atoms with Crippen LogP contribution in [-0.2, 0) is 16.1 Å². The number of carbonyl (C=O) groups is 1. The van der Waals surface area contributed by atoms with Gasteiger partial charge in [0, 0.05) is 38.5 Å². The number of hydrogen-bond acceptors (Lipinski definition) is 4. The molecule has 0 radical (unpaired) electrons. The maximum Gasteiger partial charge on any atom is 0.216 e. The van der Waals surface area contributed by atoms with Crippen LogP contribution in [0.3, 0.4) is 0 Å². The second-order valence-corrected chi connectivity index (χ2v) is 8.15. The molecule has 1 N–H and O–H groups in total. The molecule has 1 atom stereocenters. The van der Waals surface area contributed by atoms with E-state index in [1.165, 1.54) is 16.3 Å². The Bertz CT molecular complexity index is 843. The van der Waals surface area contributed by atoms with Gasteiger partial charge in [0.05, 0.1) is 18.8 Å². The SMILES string of the molecule is COc1ccc(CN2CCC3(CC[C@H](CNC(C)=O)O3)CC2)c2ccccc12. The summed E-state index contributed by atoms with van der Waals surface area (Å²) in [6.07, 6.45) is 4.45. The lowest BCUT2D eigenvalue weighted by Gasteiger charge is -2.39. The topological polar surface area (TPSA) is 50.8 Å². The van der Waals surface area contributed by atoms with Crippen LogP contribution in [0.5, 0.6) is 5.75 Å². The van der Waals surface area contributed by atoms with Gasteiger partial charge in [-0.25, -0.2) is 0 Å². The second-order valence-electron chi connectivity index (χ2n) is 8.15. The van der Waals surface area contributed by atoms with Gasteiger partial charge in [0.25, 0.3) is 0 Å². The molecule has 1 amide bonds. The van der Waals surface area contributed by atoms with Crippen molar-refractivity contribution < 1.29 is 14.3 Å². The van der Waals surface area contributed by atoms with Crippen LogP contribution in [0.15, 0.2) is 36.4 Å². The number of piperidine rings is 1. The van der Waals surface area contributed by atoms with Crippen LogP contribution >= 0.6 is 0 Å². The van der Waals surface area contributed by atoms with E-state index in [-0.39, 0.29) is 17.6 Å². The van der Waals surface area contributed by atoms with Crippen molar-refractivity contribution in [2.75, 3.05) is 26.7 Å². The Balaban J connectivity index is 1.38. The van der Waals surface area contributed by atoms with Gasteiger partial charge in [-0.1, -0.05) is 30.3 Å². The number of nitrogens with zero attached hydrogens (tertiary/aromatic N) is 1. The molecule has 0 aromatic heterocycles. The standard InChI is InChI=1S/C23H30N2O3/c1-17(26)24-15-19-9-10-23(28-19)11-13-25(14-12-23)16-18-7-8-22(27-2)21-6-4-3-5-20(18)21/h3-8,19H,9-16H2,1-2H3,(H,24,26)/t19-/m1/s1. The average Bonchev–Trinajstić information content (AvgIpc) is 3.11. The van der Waals surface area contributed by atoms with E-state index in [2.05, 4.69) is 46.6 Å². The Hall–Kier alpha value is -2.11. The predicted octanol–water partition coefficient (Wildman–Crippen LogP) is 3.50. The van der Waals surface area contributed by atoms with Crippen molar-refractivity contribution in [3.8, 4) is 5.75 Å². The fourth-order valence-electron chi connectivity index (χ4n) is 4.67. The number of fused-ring (bicyclic) bond motifs is 1. The number of rotatable bonds is 5. The van der Waals surface area contributed by atoms with Crippen molar-refractivity contribution in [2.45, 2.75) is 50.9 Å². The van der Waals surface area contributed by atoms with E-state index < -0.39 is 0 Å². The van der Waals surface area contributed by atoms with Gasteiger partial charge in [0.1, 0.15) is 5.75 Å². The lowest BCUT2D eigenvalue weighted by Crippen LogP contribution is -2.44. The molecule has 2 fully saturated rings. The first kappa shape index (κ1) is 19.2. The van der Waals surface area contributed by atoms with Crippen molar-refractivity contribution in [1.82, 2.24) is 10.2 Å². The quantitative estimate of drug-likeness (QED) is 0.860. The minimum absolute atomic E-state index is 0.0155. The van der Waals surface area contributed by atoms with Gasteiger partial charge < -0.3 is 14.8 Å². The van der Waals surface area contributed by atoms with Crippen molar-refractivity contribution in [1.29, 1.82) is 0 Å². The number of nitrogens with one attached hydrogen (secondary N) is 1. The van der Waals surface area contributed by atoms with Crippen LogP contribution in [-0.4, -0.2) is 49.3 Å². The fourth-order valence-corrected chi connectivity index (χ4v) is 4.67. The van der Waals surface area contributed by atoms with Crippen LogP contribution in [0, 0.1) is 0 Å². The summed E-state index contributed by atoms with van der Waals surface area (Å²) in [5.74, 6) is 0.951. The largest absolute Gasteiger partial charge is 0.496 e. The number of likely N-dealkylation sites (tertiary alicyclic amines) is 1. The average molecular weight is 383 g/mol. The predicted molar refractivity (Wildman–Crippen MR) is 111 cm³/mol. The molecular weight excluding hydrogens is 352 g/mol. The first-order chi connectivity index (χ1) is 13.6. The number of ether oxygens (including phenoxy) is 2. The number of hydrogen-bond donors (Lipinski definition) is 1.